The van der Waals surface area contributed by atoms with Gasteiger partial charge in [0.05, 0.1) is 15.7 Å². The Morgan fingerprint density at radius 2 is 1.89 bits per heavy atom. The maximum Gasteiger partial charge on any atom is 0.251 e. The third kappa shape index (κ3) is 6.93. The van der Waals surface area contributed by atoms with Gasteiger partial charge in [0.25, 0.3) is 5.56 Å². The van der Waals surface area contributed by atoms with Crippen LogP contribution in [-0.2, 0) is 21.1 Å². The van der Waals surface area contributed by atoms with Crippen molar-refractivity contribution in [3.63, 3.8) is 0 Å². The van der Waals surface area contributed by atoms with Gasteiger partial charge in [0, 0.05) is 29.7 Å². The second-order valence-corrected chi connectivity index (χ2v) is 11.5. The summed E-state index contributed by atoms with van der Waals surface area (Å²) in [7, 11) is -3.54. The normalized spacial score (nSPS) is 16.9. The Morgan fingerprint density at radius 1 is 1.14 bits per heavy atom. The first-order chi connectivity index (χ1) is 16.7. The molecule has 8 heteroatoms. The van der Waals surface area contributed by atoms with Gasteiger partial charge in [-0.2, -0.15) is 0 Å². The van der Waals surface area contributed by atoms with Crippen LogP contribution in [0.15, 0.2) is 46.1 Å². The summed E-state index contributed by atoms with van der Waals surface area (Å²) in [4.78, 5) is 29.6. The molecule has 0 unspecified atom stereocenters. The Labute approximate surface area is 213 Å². The maximum atomic E-state index is 13.0. The molecule has 6 nitrogen and oxygen atoms in total. The highest BCUT2D eigenvalue weighted by Gasteiger charge is 2.23. The number of pyridine rings is 1. The zero-order chi connectivity index (χ0) is 25.6. The van der Waals surface area contributed by atoms with Crippen LogP contribution < -0.4 is 5.56 Å². The molecule has 0 saturated heterocycles. The van der Waals surface area contributed by atoms with Crippen LogP contribution in [-0.4, -0.2) is 49.5 Å². The second kappa shape index (κ2) is 12.2. The Hall–Kier alpha value is -2.22. The number of aryl methyl sites for hydroxylation is 1. The number of carbonyl (C=O) groups is 1. The summed E-state index contributed by atoms with van der Waals surface area (Å²) in [6.07, 6.45) is 4.93. The molecule has 1 aromatic carbocycles. The van der Waals surface area contributed by atoms with Crippen molar-refractivity contribution < 1.29 is 13.2 Å². The van der Waals surface area contributed by atoms with Gasteiger partial charge in [0.15, 0.2) is 9.84 Å². The summed E-state index contributed by atoms with van der Waals surface area (Å²) in [6.45, 7) is 8.53. The summed E-state index contributed by atoms with van der Waals surface area (Å²) in [6, 6.07) is 8.59. The van der Waals surface area contributed by atoms with Crippen LogP contribution in [0.3, 0.4) is 0 Å². The molecule has 0 amide bonds. The molecule has 190 valence electrons. The summed E-state index contributed by atoms with van der Waals surface area (Å²) in [5.74, 6) is 0.320. The third-order valence-electron chi connectivity index (χ3n) is 6.71. The zero-order valence-corrected chi connectivity index (χ0v) is 22.3. The predicted molar refractivity (Wildman–Crippen MR) is 142 cm³/mol. The average molecular weight is 519 g/mol. The average Bonchev–Trinajstić information content (AvgIpc) is 3.24. The number of aromatic nitrogens is 1. The van der Waals surface area contributed by atoms with Crippen LogP contribution in [0, 0.1) is 5.92 Å². The summed E-state index contributed by atoms with van der Waals surface area (Å²) >= 11 is 6.52. The molecule has 2 aromatic rings. The summed E-state index contributed by atoms with van der Waals surface area (Å²) in [5, 5.41) is 0.159. The Morgan fingerprint density at radius 3 is 2.46 bits per heavy atom. The molecule has 1 heterocycles. The van der Waals surface area contributed by atoms with Gasteiger partial charge < -0.3 is 9.88 Å². The Balaban J connectivity index is 1.94. The van der Waals surface area contributed by atoms with Crippen molar-refractivity contribution in [1.82, 2.24) is 9.88 Å². The lowest BCUT2D eigenvalue weighted by Gasteiger charge is -2.18. The van der Waals surface area contributed by atoms with Crippen molar-refractivity contribution in [3.8, 4) is 0 Å². The van der Waals surface area contributed by atoms with Crippen molar-refractivity contribution >= 4 is 32.8 Å². The van der Waals surface area contributed by atoms with E-state index in [0.717, 1.165) is 31.6 Å². The van der Waals surface area contributed by atoms with Gasteiger partial charge in [0.2, 0.25) is 0 Å². The van der Waals surface area contributed by atoms with Gasteiger partial charge >= 0.3 is 0 Å². The number of H-pyrrole nitrogens is 1. The number of halogens is 1. The van der Waals surface area contributed by atoms with Crippen LogP contribution in [0.5, 0.6) is 0 Å². The first-order valence-corrected chi connectivity index (χ1v) is 14.4. The summed E-state index contributed by atoms with van der Waals surface area (Å²) < 4.78 is 26.0. The van der Waals surface area contributed by atoms with E-state index in [1.165, 1.54) is 0 Å². The number of aromatic amines is 1. The monoisotopic (exact) mass is 518 g/mol. The molecule has 0 spiro atoms. The quantitative estimate of drug-likeness (QED) is 0.457. The minimum Gasteiger partial charge on any atom is -0.322 e. The maximum absolute atomic E-state index is 13.0. The van der Waals surface area contributed by atoms with Gasteiger partial charge in [-0.15, -0.1) is 0 Å². The minimum atomic E-state index is -3.54. The third-order valence-corrected chi connectivity index (χ3v) is 8.99. The van der Waals surface area contributed by atoms with Crippen LogP contribution in [0.2, 0.25) is 5.02 Å². The molecular formula is C27H35ClN2O4S. The van der Waals surface area contributed by atoms with E-state index in [1.807, 2.05) is 19.1 Å². The van der Waals surface area contributed by atoms with Crippen LogP contribution in [0.4, 0.5) is 0 Å². The fourth-order valence-corrected chi connectivity index (χ4v) is 6.44. The highest BCUT2D eigenvalue weighted by atomic mass is 35.5. The molecule has 35 heavy (non-hydrogen) atoms. The highest BCUT2D eigenvalue weighted by Crippen LogP contribution is 2.33. The van der Waals surface area contributed by atoms with Crippen molar-refractivity contribution in [3.05, 3.63) is 68.6 Å². The fraction of sp³-hybridized carbons (Fsp3) is 0.481. The number of sulfone groups is 1. The highest BCUT2D eigenvalue weighted by molar-refractivity contribution is 7.91. The van der Waals surface area contributed by atoms with Crippen LogP contribution in [0.25, 0.3) is 5.57 Å². The van der Waals surface area contributed by atoms with E-state index in [9.17, 15) is 18.0 Å². The van der Waals surface area contributed by atoms with Crippen molar-refractivity contribution in [2.45, 2.75) is 57.8 Å². The van der Waals surface area contributed by atoms with E-state index in [0.29, 0.717) is 42.5 Å². The van der Waals surface area contributed by atoms with Crippen molar-refractivity contribution in [1.29, 1.82) is 0 Å². The largest absolute Gasteiger partial charge is 0.322 e. The van der Waals surface area contributed by atoms with Gasteiger partial charge in [-0.3, -0.25) is 9.59 Å². The number of carbonyl (C=O) groups excluding carboxylic acids is 1. The Bertz CT molecular complexity index is 1250. The number of rotatable bonds is 11. The standard InChI is InChI=1S/C27H35ClN2O4S/c1-4-20-9-12-25(29-27(20)32)23(17-19-8-11-22(31)16-19)21-10-13-26(24(28)18-21)35(33,34)15-7-14-30(5-2)6-3/h9-10,12-13,17-19H,4-8,11,14-16H2,1-3H3,(H,29,32)/b23-17-/t19-/m0/s1. The first-order valence-electron chi connectivity index (χ1n) is 12.4. The molecule has 3 rings (SSSR count). The zero-order valence-electron chi connectivity index (χ0n) is 20.8. The van der Waals surface area contributed by atoms with Crippen molar-refractivity contribution in [2.24, 2.45) is 5.92 Å². The number of ketones is 1. The number of hydrogen-bond donors (Lipinski definition) is 1. The molecule has 1 fully saturated rings. The first kappa shape index (κ1) is 27.4. The number of nitrogens with zero attached hydrogens (tertiary/aromatic N) is 1. The van der Waals surface area contributed by atoms with E-state index in [2.05, 4.69) is 23.7 Å². The smallest absolute Gasteiger partial charge is 0.251 e. The molecular weight excluding hydrogens is 484 g/mol. The molecule has 1 aliphatic rings. The predicted octanol–water partition coefficient (Wildman–Crippen LogP) is 4.90. The van der Waals surface area contributed by atoms with E-state index in [-0.39, 0.29) is 32.9 Å². The molecule has 1 saturated carbocycles. The minimum absolute atomic E-state index is 0.0290. The van der Waals surface area contributed by atoms with Crippen LogP contribution in [0.1, 0.15) is 63.3 Å². The molecule has 0 aliphatic heterocycles. The SMILES string of the molecule is CCc1ccc(/C(=C\[C@H]2CCC(=O)C2)c2ccc(S(=O)(=O)CCCN(CC)CC)c(Cl)c2)[nH]c1=O. The molecule has 1 N–H and O–H groups in total. The van der Waals surface area contributed by atoms with Gasteiger partial charge in [-0.1, -0.05) is 50.6 Å². The van der Waals surface area contributed by atoms with Gasteiger partial charge in [-0.05, 0) is 68.6 Å². The van der Waals surface area contributed by atoms with Crippen molar-refractivity contribution in [2.75, 3.05) is 25.4 Å². The van der Waals surface area contributed by atoms with Gasteiger partial charge in [-0.25, -0.2) is 8.42 Å². The topological polar surface area (TPSA) is 87.3 Å². The fourth-order valence-electron chi connectivity index (χ4n) is 4.55. The Kier molecular flexibility index (Phi) is 9.50. The molecule has 0 bridgehead atoms. The molecule has 1 aliphatic carbocycles. The van der Waals surface area contributed by atoms with E-state index in [1.54, 1.807) is 24.3 Å². The second-order valence-electron chi connectivity index (χ2n) is 9.05. The lowest BCUT2D eigenvalue weighted by molar-refractivity contribution is -0.117. The number of hydrogen-bond acceptors (Lipinski definition) is 5. The van der Waals surface area contributed by atoms with Gasteiger partial charge in [0.1, 0.15) is 5.78 Å². The van der Waals surface area contributed by atoms with E-state index < -0.39 is 9.84 Å². The van der Waals surface area contributed by atoms with E-state index in [4.69, 9.17) is 11.6 Å². The lowest BCUT2D eigenvalue weighted by atomic mass is 9.95. The number of allylic oxidation sites excluding steroid dienone is 1. The lowest BCUT2D eigenvalue weighted by Crippen LogP contribution is -2.25. The molecule has 0 radical (unpaired) electrons. The van der Waals surface area contributed by atoms with E-state index >= 15 is 0 Å². The number of Topliss-reactive ketones (excluding diaryl/α,β-unsaturated/α-hetero) is 1. The number of benzene rings is 1. The van der Waals surface area contributed by atoms with Crippen LogP contribution >= 0.6 is 11.6 Å². The molecule has 1 atom stereocenters. The molecule has 1 aromatic heterocycles. The number of nitrogens with one attached hydrogen (secondary N) is 1. The summed E-state index contributed by atoms with van der Waals surface area (Å²) in [5.41, 5.74) is 2.61.